The second-order valence-corrected chi connectivity index (χ2v) is 5.05. The molecule has 1 unspecified atom stereocenters. The smallest absolute Gasteiger partial charge is 0.236 e. The fourth-order valence-corrected chi connectivity index (χ4v) is 2.76. The second-order valence-electron chi connectivity index (χ2n) is 5.05. The predicted octanol–water partition coefficient (Wildman–Crippen LogP) is 1.38. The van der Waals surface area contributed by atoms with E-state index in [0.29, 0.717) is 6.54 Å². The quantitative estimate of drug-likeness (QED) is 0.726. The molecule has 2 aliphatic rings. The van der Waals surface area contributed by atoms with Crippen LogP contribution in [-0.4, -0.2) is 47.9 Å². The highest BCUT2D eigenvalue weighted by molar-refractivity contribution is 5.78. The molecular formula is C13H21N3O. The molecular weight excluding hydrogens is 214 g/mol. The average molecular weight is 235 g/mol. The van der Waals surface area contributed by atoms with Crippen molar-refractivity contribution in [2.75, 3.05) is 26.2 Å². The zero-order valence-electron chi connectivity index (χ0n) is 10.4. The van der Waals surface area contributed by atoms with E-state index in [1.807, 2.05) is 9.80 Å². The number of likely N-dealkylation sites (tertiary alicyclic amines) is 2. The van der Waals surface area contributed by atoms with Crippen molar-refractivity contribution in [2.24, 2.45) is 0 Å². The summed E-state index contributed by atoms with van der Waals surface area (Å²) in [5, 5.41) is 8.99. The molecule has 0 aromatic rings. The Bertz CT molecular complexity index is 302. The van der Waals surface area contributed by atoms with Crippen LogP contribution in [0, 0.1) is 11.3 Å². The zero-order chi connectivity index (χ0) is 12.1. The third kappa shape index (κ3) is 3.19. The largest absolute Gasteiger partial charge is 0.342 e. The van der Waals surface area contributed by atoms with Gasteiger partial charge in [-0.15, -0.1) is 0 Å². The molecule has 0 spiro atoms. The van der Waals surface area contributed by atoms with E-state index >= 15 is 0 Å². The standard InChI is InChI=1S/C13H21N3O/c14-10-12-6-5-9-16(12)11-13(17)15-7-3-1-2-4-8-15/h12H,1-9,11H2. The van der Waals surface area contributed by atoms with E-state index in [4.69, 9.17) is 5.26 Å². The first-order valence-corrected chi connectivity index (χ1v) is 6.72. The molecule has 2 saturated heterocycles. The Hall–Kier alpha value is -1.08. The summed E-state index contributed by atoms with van der Waals surface area (Å²) >= 11 is 0. The van der Waals surface area contributed by atoms with Crippen molar-refractivity contribution in [3.8, 4) is 6.07 Å². The third-order valence-electron chi connectivity index (χ3n) is 3.81. The Morgan fingerprint density at radius 3 is 2.47 bits per heavy atom. The number of nitrogens with zero attached hydrogens (tertiary/aromatic N) is 3. The van der Waals surface area contributed by atoms with Gasteiger partial charge in [-0.1, -0.05) is 12.8 Å². The molecule has 2 rings (SSSR count). The van der Waals surface area contributed by atoms with Crippen molar-refractivity contribution >= 4 is 5.91 Å². The van der Waals surface area contributed by atoms with E-state index in [0.717, 1.165) is 45.3 Å². The number of amides is 1. The maximum absolute atomic E-state index is 12.1. The van der Waals surface area contributed by atoms with Crippen LogP contribution in [0.15, 0.2) is 0 Å². The summed E-state index contributed by atoms with van der Waals surface area (Å²) in [6, 6.07) is 2.25. The van der Waals surface area contributed by atoms with Gasteiger partial charge in [0.05, 0.1) is 18.7 Å². The van der Waals surface area contributed by atoms with Crippen LogP contribution in [0.1, 0.15) is 38.5 Å². The molecule has 0 saturated carbocycles. The summed E-state index contributed by atoms with van der Waals surface area (Å²) in [7, 11) is 0. The average Bonchev–Trinajstić information content (AvgIpc) is 2.62. The monoisotopic (exact) mass is 235 g/mol. The summed E-state index contributed by atoms with van der Waals surface area (Å²) in [6.07, 6.45) is 6.72. The van der Waals surface area contributed by atoms with E-state index in [9.17, 15) is 4.79 Å². The van der Waals surface area contributed by atoms with E-state index in [1.165, 1.54) is 12.8 Å². The van der Waals surface area contributed by atoms with E-state index in [-0.39, 0.29) is 11.9 Å². The first-order chi connectivity index (χ1) is 8.31. The maximum atomic E-state index is 12.1. The zero-order valence-corrected chi connectivity index (χ0v) is 10.4. The maximum Gasteiger partial charge on any atom is 0.236 e. The minimum atomic E-state index is -0.0362. The molecule has 2 aliphatic heterocycles. The Morgan fingerprint density at radius 2 is 1.82 bits per heavy atom. The summed E-state index contributed by atoms with van der Waals surface area (Å²) < 4.78 is 0. The van der Waals surface area contributed by atoms with E-state index in [2.05, 4.69) is 6.07 Å². The Labute approximate surface area is 103 Å². The van der Waals surface area contributed by atoms with Crippen LogP contribution in [0.5, 0.6) is 0 Å². The van der Waals surface area contributed by atoms with Crippen LogP contribution in [-0.2, 0) is 4.79 Å². The minimum absolute atomic E-state index is 0.0362. The molecule has 17 heavy (non-hydrogen) atoms. The number of carbonyl (C=O) groups excluding carboxylic acids is 1. The van der Waals surface area contributed by atoms with Gasteiger partial charge in [-0.2, -0.15) is 5.26 Å². The second kappa shape index (κ2) is 6.02. The van der Waals surface area contributed by atoms with Gasteiger partial charge in [0.25, 0.3) is 0 Å². The first-order valence-electron chi connectivity index (χ1n) is 6.72. The van der Waals surface area contributed by atoms with Crippen LogP contribution >= 0.6 is 0 Å². The van der Waals surface area contributed by atoms with Crippen LogP contribution in [0.3, 0.4) is 0 Å². The van der Waals surface area contributed by atoms with Crippen LogP contribution in [0.2, 0.25) is 0 Å². The molecule has 0 aliphatic carbocycles. The fourth-order valence-electron chi connectivity index (χ4n) is 2.76. The van der Waals surface area contributed by atoms with Crippen molar-refractivity contribution in [3.63, 3.8) is 0 Å². The molecule has 2 fully saturated rings. The highest BCUT2D eigenvalue weighted by Crippen LogP contribution is 2.17. The summed E-state index contributed by atoms with van der Waals surface area (Å²) in [5.74, 6) is 0.217. The van der Waals surface area contributed by atoms with Crippen molar-refractivity contribution < 1.29 is 4.79 Å². The normalized spacial score (nSPS) is 26.5. The Morgan fingerprint density at radius 1 is 1.12 bits per heavy atom. The molecule has 0 aromatic heterocycles. The fraction of sp³-hybridized carbons (Fsp3) is 0.846. The Kier molecular flexibility index (Phi) is 4.38. The molecule has 0 N–H and O–H groups in total. The molecule has 2 heterocycles. The van der Waals surface area contributed by atoms with Crippen molar-refractivity contribution in [2.45, 2.75) is 44.6 Å². The topological polar surface area (TPSA) is 47.3 Å². The van der Waals surface area contributed by atoms with Gasteiger partial charge in [-0.25, -0.2) is 0 Å². The number of rotatable bonds is 2. The lowest BCUT2D eigenvalue weighted by Crippen LogP contribution is -2.42. The molecule has 1 amide bonds. The van der Waals surface area contributed by atoms with Crippen molar-refractivity contribution in [1.29, 1.82) is 5.26 Å². The van der Waals surface area contributed by atoms with Crippen LogP contribution in [0.4, 0.5) is 0 Å². The highest BCUT2D eigenvalue weighted by Gasteiger charge is 2.27. The number of nitriles is 1. The van der Waals surface area contributed by atoms with Gasteiger partial charge in [-0.05, 0) is 25.7 Å². The summed E-state index contributed by atoms with van der Waals surface area (Å²) in [4.78, 5) is 16.2. The molecule has 0 bridgehead atoms. The first kappa shape index (κ1) is 12.4. The predicted molar refractivity (Wildman–Crippen MR) is 65.3 cm³/mol. The van der Waals surface area contributed by atoms with Gasteiger partial charge in [0.2, 0.25) is 5.91 Å². The van der Waals surface area contributed by atoms with Crippen molar-refractivity contribution in [1.82, 2.24) is 9.80 Å². The van der Waals surface area contributed by atoms with Crippen LogP contribution in [0.25, 0.3) is 0 Å². The summed E-state index contributed by atoms with van der Waals surface area (Å²) in [6.45, 7) is 3.16. The third-order valence-corrected chi connectivity index (χ3v) is 3.81. The van der Waals surface area contributed by atoms with E-state index in [1.54, 1.807) is 0 Å². The lowest BCUT2D eigenvalue weighted by Gasteiger charge is -2.25. The lowest BCUT2D eigenvalue weighted by molar-refractivity contribution is -0.132. The molecule has 0 aromatic carbocycles. The molecule has 94 valence electrons. The van der Waals surface area contributed by atoms with Gasteiger partial charge in [-0.3, -0.25) is 9.69 Å². The SMILES string of the molecule is N#CC1CCCN1CC(=O)N1CCCCCC1. The summed E-state index contributed by atoms with van der Waals surface area (Å²) in [5.41, 5.74) is 0. The van der Waals surface area contributed by atoms with Gasteiger partial charge < -0.3 is 4.90 Å². The molecule has 4 heteroatoms. The van der Waals surface area contributed by atoms with Gasteiger partial charge in [0.1, 0.15) is 0 Å². The minimum Gasteiger partial charge on any atom is -0.342 e. The highest BCUT2D eigenvalue weighted by atomic mass is 16.2. The van der Waals surface area contributed by atoms with E-state index < -0.39 is 0 Å². The van der Waals surface area contributed by atoms with Gasteiger partial charge in [0, 0.05) is 19.6 Å². The number of hydrogen-bond acceptors (Lipinski definition) is 3. The van der Waals surface area contributed by atoms with Crippen molar-refractivity contribution in [3.05, 3.63) is 0 Å². The molecule has 4 nitrogen and oxygen atoms in total. The van der Waals surface area contributed by atoms with Gasteiger partial charge >= 0.3 is 0 Å². The number of hydrogen-bond donors (Lipinski definition) is 0. The molecule has 1 atom stereocenters. The Balaban J connectivity index is 1.85. The van der Waals surface area contributed by atoms with Gasteiger partial charge in [0.15, 0.2) is 0 Å². The molecule has 0 radical (unpaired) electrons. The van der Waals surface area contributed by atoms with Crippen LogP contribution < -0.4 is 0 Å². The lowest BCUT2D eigenvalue weighted by atomic mass is 10.2. The number of carbonyl (C=O) groups is 1.